The third kappa shape index (κ3) is 2.53. The summed E-state index contributed by atoms with van der Waals surface area (Å²) in [6.07, 6.45) is 3.56. The molecule has 1 aromatic heterocycles. The van der Waals surface area contributed by atoms with Crippen LogP contribution in [0.3, 0.4) is 0 Å². The number of anilines is 1. The highest BCUT2D eigenvalue weighted by atomic mass is 35.5. The van der Waals surface area contributed by atoms with Crippen LogP contribution >= 0.6 is 11.6 Å². The first kappa shape index (κ1) is 12.7. The highest BCUT2D eigenvalue weighted by Gasteiger charge is 2.28. The van der Waals surface area contributed by atoms with Gasteiger partial charge < -0.3 is 10.0 Å². The predicted molar refractivity (Wildman–Crippen MR) is 78.8 cm³/mol. The summed E-state index contributed by atoms with van der Waals surface area (Å²) >= 11 is 6.00. The Hall–Kier alpha value is -1.32. The lowest BCUT2D eigenvalue weighted by Gasteiger charge is -2.35. The van der Waals surface area contributed by atoms with Gasteiger partial charge in [0, 0.05) is 35.9 Å². The SMILES string of the molecule is CN(CC1CC(O)C1)c1ccnc2cc(Cl)ccc12. The Labute approximate surface area is 117 Å². The molecular weight excluding hydrogens is 260 g/mol. The largest absolute Gasteiger partial charge is 0.393 e. The van der Waals surface area contributed by atoms with Gasteiger partial charge in [0.05, 0.1) is 11.6 Å². The number of hydrogen-bond acceptors (Lipinski definition) is 3. The maximum Gasteiger partial charge on any atom is 0.0737 e. The Morgan fingerprint density at radius 1 is 1.37 bits per heavy atom. The fourth-order valence-corrected chi connectivity index (χ4v) is 2.94. The molecule has 1 fully saturated rings. The van der Waals surface area contributed by atoms with Crippen LogP contribution < -0.4 is 4.90 Å². The lowest BCUT2D eigenvalue weighted by molar-refractivity contribution is 0.0465. The highest BCUT2D eigenvalue weighted by Crippen LogP contribution is 2.31. The number of fused-ring (bicyclic) bond motifs is 1. The Morgan fingerprint density at radius 3 is 2.89 bits per heavy atom. The average molecular weight is 277 g/mol. The predicted octanol–water partition coefficient (Wildman–Crippen LogP) is 3.10. The van der Waals surface area contributed by atoms with Gasteiger partial charge in [-0.3, -0.25) is 4.98 Å². The molecule has 1 heterocycles. The zero-order valence-electron chi connectivity index (χ0n) is 10.9. The van der Waals surface area contributed by atoms with Crippen LogP contribution in [-0.2, 0) is 0 Å². The van der Waals surface area contributed by atoms with Gasteiger partial charge in [-0.1, -0.05) is 11.6 Å². The molecule has 0 bridgehead atoms. The average Bonchev–Trinajstić information content (AvgIpc) is 2.35. The number of aliphatic hydroxyl groups excluding tert-OH is 1. The van der Waals surface area contributed by atoms with Crippen molar-refractivity contribution >= 4 is 28.2 Å². The number of benzene rings is 1. The van der Waals surface area contributed by atoms with Crippen molar-refractivity contribution in [3.8, 4) is 0 Å². The van der Waals surface area contributed by atoms with Gasteiger partial charge in [0.1, 0.15) is 0 Å². The summed E-state index contributed by atoms with van der Waals surface area (Å²) in [4.78, 5) is 6.60. The molecule has 3 nitrogen and oxygen atoms in total. The van der Waals surface area contributed by atoms with Crippen molar-refractivity contribution in [2.45, 2.75) is 18.9 Å². The second-order valence-corrected chi connectivity index (χ2v) is 5.80. The fraction of sp³-hybridized carbons (Fsp3) is 0.400. The molecule has 1 saturated carbocycles. The molecule has 0 saturated heterocycles. The molecule has 0 radical (unpaired) electrons. The first-order valence-electron chi connectivity index (χ1n) is 6.57. The van der Waals surface area contributed by atoms with Crippen LogP contribution in [0.1, 0.15) is 12.8 Å². The summed E-state index contributed by atoms with van der Waals surface area (Å²) in [5.74, 6) is 0.593. The summed E-state index contributed by atoms with van der Waals surface area (Å²) in [5.41, 5.74) is 2.09. The summed E-state index contributed by atoms with van der Waals surface area (Å²) in [5, 5.41) is 11.2. The van der Waals surface area contributed by atoms with E-state index in [1.54, 1.807) is 0 Å². The van der Waals surface area contributed by atoms with Gasteiger partial charge in [-0.05, 0) is 43.0 Å². The molecule has 19 heavy (non-hydrogen) atoms. The van der Waals surface area contributed by atoms with E-state index >= 15 is 0 Å². The topological polar surface area (TPSA) is 36.4 Å². The monoisotopic (exact) mass is 276 g/mol. The Balaban J connectivity index is 1.87. The molecule has 0 amide bonds. The zero-order chi connectivity index (χ0) is 13.4. The molecule has 1 aliphatic rings. The number of halogens is 1. The lowest BCUT2D eigenvalue weighted by Crippen LogP contribution is -2.37. The van der Waals surface area contributed by atoms with E-state index in [1.165, 1.54) is 5.69 Å². The minimum atomic E-state index is -0.0913. The second-order valence-electron chi connectivity index (χ2n) is 5.36. The summed E-state index contributed by atoms with van der Waals surface area (Å²) < 4.78 is 0. The second kappa shape index (κ2) is 4.99. The molecule has 0 unspecified atom stereocenters. The first-order chi connectivity index (χ1) is 9.13. The van der Waals surface area contributed by atoms with Gasteiger partial charge in [0.15, 0.2) is 0 Å². The van der Waals surface area contributed by atoms with Crippen molar-refractivity contribution in [3.05, 3.63) is 35.5 Å². The first-order valence-corrected chi connectivity index (χ1v) is 6.95. The molecule has 0 spiro atoms. The zero-order valence-corrected chi connectivity index (χ0v) is 11.6. The lowest BCUT2D eigenvalue weighted by atomic mass is 9.82. The van der Waals surface area contributed by atoms with Gasteiger partial charge in [-0.15, -0.1) is 0 Å². The van der Waals surface area contributed by atoms with Gasteiger partial charge in [-0.2, -0.15) is 0 Å². The Bertz CT molecular complexity index is 596. The molecule has 2 aromatic rings. The quantitative estimate of drug-likeness (QED) is 0.936. The van der Waals surface area contributed by atoms with E-state index < -0.39 is 0 Å². The minimum absolute atomic E-state index is 0.0913. The fourth-order valence-electron chi connectivity index (χ4n) is 2.77. The van der Waals surface area contributed by atoms with E-state index in [1.807, 2.05) is 30.5 Å². The summed E-state index contributed by atoms with van der Waals surface area (Å²) in [6.45, 7) is 0.971. The number of aliphatic hydroxyl groups is 1. The van der Waals surface area contributed by atoms with Gasteiger partial charge in [0.2, 0.25) is 0 Å². The molecular formula is C15H17ClN2O. The number of nitrogens with zero attached hydrogens (tertiary/aromatic N) is 2. The number of hydrogen-bond donors (Lipinski definition) is 1. The molecule has 0 aliphatic heterocycles. The summed E-state index contributed by atoms with van der Waals surface area (Å²) in [7, 11) is 2.09. The van der Waals surface area contributed by atoms with E-state index in [4.69, 9.17) is 11.6 Å². The van der Waals surface area contributed by atoms with E-state index in [-0.39, 0.29) is 6.10 Å². The van der Waals surface area contributed by atoms with Crippen LogP contribution in [0.15, 0.2) is 30.5 Å². The molecule has 4 heteroatoms. The smallest absolute Gasteiger partial charge is 0.0737 e. The van der Waals surface area contributed by atoms with E-state index in [0.717, 1.165) is 30.3 Å². The highest BCUT2D eigenvalue weighted by molar-refractivity contribution is 6.31. The number of rotatable bonds is 3. The minimum Gasteiger partial charge on any atom is -0.393 e. The van der Waals surface area contributed by atoms with Crippen LogP contribution in [0.25, 0.3) is 10.9 Å². The maximum atomic E-state index is 9.36. The van der Waals surface area contributed by atoms with Gasteiger partial charge >= 0.3 is 0 Å². The van der Waals surface area contributed by atoms with Crippen molar-refractivity contribution in [1.82, 2.24) is 4.98 Å². The van der Waals surface area contributed by atoms with E-state index in [9.17, 15) is 5.11 Å². The van der Waals surface area contributed by atoms with E-state index in [2.05, 4.69) is 16.9 Å². The van der Waals surface area contributed by atoms with Crippen LogP contribution in [0.5, 0.6) is 0 Å². The van der Waals surface area contributed by atoms with Gasteiger partial charge in [-0.25, -0.2) is 0 Å². The van der Waals surface area contributed by atoms with Crippen molar-refractivity contribution < 1.29 is 5.11 Å². The van der Waals surface area contributed by atoms with Crippen LogP contribution in [0, 0.1) is 5.92 Å². The molecule has 1 aromatic carbocycles. The van der Waals surface area contributed by atoms with Gasteiger partial charge in [0.25, 0.3) is 0 Å². The van der Waals surface area contributed by atoms with Crippen molar-refractivity contribution in [2.75, 3.05) is 18.5 Å². The van der Waals surface area contributed by atoms with Crippen LogP contribution in [0.4, 0.5) is 5.69 Å². The molecule has 3 rings (SSSR count). The molecule has 0 atom stereocenters. The Morgan fingerprint density at radius 2 is 2.16 bits per heavy atom. The summed E-state index contributed by atoms with van der Waals surface area (Å²) in [6, 6.07) is 7.84. The molecule has 1 aliphatic carbocycles. The third-order valence-corrected chi connectivity index (χ3v) is 4.07. The van der Waals surface area contributed by atoms with Crippen molar-refractivity contribution in [1.29, 1.82) is 0 Å². The molecule has 100 valence electrons. The standard InChI is InChI=1S/C15H17ClN2O/c1-18(9-10-6-12(19)7-10)15-4-5-17-14-8-11(16)2-3-13(14)15/h2-5,8,10,12,19H,6-7,9H2,1H3. The molecule has 1 N–H and O–H groups in total. The number of pyridine rings is 1. The van der Waals surface area contributed by atoms with Crippen LogP contribution in [-0.4, -0.2) is 29.8 Å². The Kier molecular flexibility index (Phi) is 3.33. The maximum absolute atomic E-state index is 9.36. The normalized spacial score (nSPS) is 22.3. The number of aromatic nitrogens is 1. The van der Waals surface area contributed by atoms with Crippen molar-refractivity contribution in [2.24, 2.45) is 5.92 Å². The van der Waals surface area contributed by atoms with E-state index in [0.29, 0.717) is 10.9 Å². The van der Waals surface area contributed by atoms with Crippen molar-refractivity contribution in [3.63, 3.8) is 0 Å². The van der Waals surface area contributed by atoms with Crippen LogP contribution in [0.2, 0.25) is 5.02 Å². The third-order valence-electron chi connectivity index (χ3n) is 3.84.